The van der Waals surface area contributed by atoms with Gasteiger partial charge in [0.2, 0.25) is 0 Å². The molecular formula is C9H14N4O2. The summed E-state index contributed by atoms with van der Waals surface area (Å²) in [5, 5.41) is 13.4. The van der Waals surface area contributed by atoms with Gasteiger partial charge in [-0.15, -0.1) is 0 Å². The van der Waals surface area contributed by atoms with Gasteiger partial charge < -0.3 is 11.1 Å². The van der Waals surface area contributed by atoms with Crippen LogP contribution in [0, 0.1) is 10.1 Å². The van der Waals surface area contributed by atoms with Gasteiger partial charge in [0.25, 0.3) is 5.69 Å². The molecule has 0 saturated heterocycles. The van der Waals surface area contributed by atoms with Gasteiger partial charge in [-0.25, -0.2) is 4.98 Å². The van der Waals surface area contributed by atoms with Crippen LogP contribution >= 0.6 is 0 Å². The van der Waals surface area contributed by atoms with E-state index in [0.717, 1.165) is 6.42 Å². The number of nitrogens with zero attached hydrogens (tertiary/aromatic N) is 2. The first-order valence-corrected chi connectivity index (χ1v) is 4.69. The number of anilines is 1. The highest BCUT2D eigenvalue weighted by Gasteiger charge is 2.06. The highest BCUT2D eigenvalue weighted by Crippen LogP contribution is 2.13. The summed E-state index contributed by atoms with van der Waals surface area (Å²) in [4.78, 5) is 14.0. The first kappa shape index (κ1) is 11.4. The number of hydrogen-bond acceptors (Lipinski definition) is 5. The number of nitrogens with two attached hydrogens (primary N) is 1. The Kier molecular flexibility index (Phi) is 3.99. The molecule has 0 aliphatic rings. The molecule has 1 unspecified atom stereocenters. The lowest BCUT2D eigenvalue weighted by molar-refractivity contribution is -0.384. The molecule has 1 rings (SSSR count). The van der Waals surface area contributed by atoms with Crippen LogP contribution in [0.5, 0.6) is 0 Å². The predicted octanol–water partition coefficient (Wildman–Crippen LogP) is 1.14. The minimum absolute atomic E-state index is 0.0355. The SMILES string of the molecule is CC(N)CCNc1cc([N+](=O)[O-])ccn1. The molecule has 0 aliphatic heterocycles. The van der Waals surface area contributed by atoms with E-state index < -0.39 is 4.92 Å². The maximum Gasteiger partial charge on any atom is 0.274 e. The van der Waals surface area contributed by atoms with Crippen LogP contribution < -0.4 is 11.1 Å². The fraction of sp³-hybridized carbons (Fsp3) is 0.444. The molecule has 0 fully saturated rings. The van der Waals surface area contributed by atoms with Gasteiger partial charge in [0.1, 0.15) is 5.82 Å². The lowest BCUT2D eigenvalue weighted by atomic mass is 10.2. The minimum atomic E-state index is -0.446. The van der Waals surface area contributed by atoms with Gasteiger partial charge in [0, 0.05) is 24.8 Å². The van der Waals surface area contributed by atoms with E-state index in [1.165, 1.54) is 18.3 Å². The van der Waals surface area contributed by atoms with Crippen LogP contribution in [0.3, 0.4) is 0 Å². The maximum atomic E-state index is 10.5. The molecule has 0 spiro atoms. The summed E-state index contributed by atoms with van der Waals surface area (Å²) in [6, 6.07) is 2.87. The molecule has 0 bridgehead atoms. The summed E-state index contributed by atoms with van der Waals surface area (Å²) in [6.45, 7) is 2.56. The molecule has 0 aromatic carbocycles. The van der Waals surface area contributed by atoms with E-state index in [4.69, 9.17) is 5.73 Å². The lowest BCUT2D eigenvalue weighted by Gasteiger charge is -2.06. The fourth-order valence-electron chi connectivity index (χ4n) is 1.06. The lowest BCUT2D eigenvalue weighted by Crippen LogP contribution is -2.19. The summed E-state index contributed by atoms with van der Waals surface area (Å²) in [5.74, 6) is 0.504. The molecule has 0 aliphatic carbocycles. The number of nitrogens with one attached hydrogen (secondary N) is 1. The quantitative estimate of drug-likeness (QED) is 0.561. The van der Waals surface area contributed by atoms with Crippen molar-refractivity contribution in [1.82, 2.24) is 4.98 Å². The Labute approximate surface area is 87.7 Å². The zero-order chi connectivity index (χ0) is 11.3. The zero-order valence-electron chi connectivity index (χ0n) is 8.51. The minimum Gasteiger partial charge on any atom is -0.370 e. The van der Waals surface area contributed by atoms with Crippen molar-refractivity contribution in [1.29, 1.82) is 0 Å². The van der Waals surface area contributed by atoms with Crippen LogP contribution in [0.1, 0.15) is 13.3 Å². The van der Waals surface area contributed by atoms with Gasteiger partial charge in [-0.2, -0.15) is 0 Å². The Morgan fingerprint density at radius 2 is 2.47 bits per heavy atom. The summed E-state index contributed by atoms with van der Waals surface area (Å²) in [7, 11) is 0. The zero-order valence-corrected chi connectivity index (χ0v) is 8.51. The van der Waals surface area contributed by atoms with Crippen LogP contribution in [0.25, 0.3) is 0 Å². The van der Waals surface area contributed by atoms with Crippen molar-refractivity contribution < 1.29 is 4.92 Å². The van der Waals surface area contributed by atoms with Gasteiger partial charge in [0.15, 0.2) is 0 Å². The molecule has 1 heterocycles. The average Bonchev–Trinajstić information content (AvgIpc) is 2.17. The standard InChI is InChI=1S/C9H14N4O2/c1-7(10)2-4-11-9-6-8(13(14)15)3-5-12-9/h3,5-7H,2,4,10H2,1H3,(H,11,12). The molecule has 0 radical (unpaired) electrons. The average molecular weight is 210 g/mol. The smallest absolute Gasteiger partial charge is 0.274 e. The van der Waals surface area contributed by atoms with Crippen molar-refractivity contribution in [2.45, 2.75) is 19.4 Å². The Balaban J connectivity index is 2.54. The third-order valence-electron chi connectivity index (χ3n) is 1.86. The molecule has 15 heavy (non-hydrogen) atoms. The second-order valence-electron chi connectivity index (χ2n) is 3.35. The molecule has 6 nitrogen and oxygen atoms in total. The molecule has 6 heteroatoms. The number of rotatable bonds is 5. The van der Waals surface area contributed by atoms with E-state index in [1.54, 1.807) is 0 Å². The summed E-state index contributed by atoms with van der Waals surface area (Å²) < 4.78 is 0. The third kappa shape index (κ3) is 3.90. The second-order valence-corrected chi connectivity index (χ2v) is 3.35. The second kappa shape index (κ2) is 5.26. The summed E-state index contributed by atoms with van der Waals surface area (Å²) >= 11 is 0. The van der Waals surface area contributed by atoms with E-state index in [9.17, 15) is 10.1 Å². The van der Waals surface area contributed by atoms with Gasteiger partial charge >= 0.3 is 0 Å². The van der Waals surface area contributed by atoms with Crippen molar-refractivity contribution in [3.05, 3.63) is 28.4 Å². The molecule has 1 atom stereocenters. The van der Waals surface area contributed by atoms with E-state index in [0.29, 0.717) is 12.4 Å². The van der Waals surface area contributed by atoms with Crippen LogP contribution in [-0.4, -0.2) is 22.5 Å². The van der Waals surface area contributed by atoms with Gasteiger partial charge in [-0.05, 0) is 13.3 Å². The molecule has 1 aromatic heterocycles. The number of nitro groups is 1. The number of hydrogen-bond donors (Lipinski definition) is 2. The number of aromatic nitrogens is 1. The highest BCUT2D eigenvalue weighted by molar-refractivity contribution is 5.44. The normalized spacial score (nSPS) is 12.1. The Hall–Kier alpha value is -1.69. The van der Waals surface area contributed by atoms with E-state index in [1.807, 2.05) is 6.92 Å². The summed E-state index contributed by atoms with van der Waals surface area (Å²) in [6.07, 6.45) is 2.21. The van der Waals surface area contributed by atoms with Crippen molar-refractivity contribution >= 4 is 11.5 Å². The van der Waals surface area contributed by atoms with Crippen molar-refractivity contribution in [2.75, 3.05) is 11.9 Å². The Morgan fingerprint density at radius 3 is 3.07 bits per heavy atom. The molecule has 3 N–H and O–H groups in total. The van der Waals surface area contributed by atoms with E-state index in [-0.39, 0.29) is 11.7 Å². The molecule has 1 aromatic rings. The molecule has 0 saturated carbocycles. The monoisotopic (exact) mass is 210 g/mol. The van der Waals surface area contributed by atoms with Crippen LogP contribution in [0.4, 0.5) is 11.5 Å². The first-order chi connectivity index (χ1) is 7.09. The largest absolute Gasteiger partial charge is 0.370 e. The van der Waals surface area contributed by atoms with Gasteiger partial charge in [-0.1, -0.05) is 0 Å². The third-order valence-corrected chi connectivity index (χ3v) is 1.86. The van der Waals surface area contributed by atoms with Gasteiger partial charge in [-0.3, -0.25) is 10.1 Å². The fourth-order valence-corrected chi connectivity index (χ4v) is 1.06. The van der Waals surface area contributed by atoms with E-state index in [2.05, 4.69) is 10.3 Å². The van der Waals surface area contributed by atoms with Crippen LogP contribution in [-0.2, 0) is 0 Å². The maximum absolute atomic E-state index is 10.5. The molecular weight excluding hydrogens is 196 g/mol. The van der Waals surface area contributed by atoms with Crippen molar-refractivity contribution in [3.63, 3.8) is 0 Å². The van der Waals surface area contributed by atoms with E-state index >= 15 is 0 Å². The molecule has 82 valence electrons. The van der Waals surface area contributed by atoms with Crippen molar-refractivity contribution in [3.8, 4) is 0 Å². The van der Waals surface area contributed by atoms with Crippen LogP contribution in [0.15, 0.2) is 18.3 Å². The number of pyridine rings is 1. The Morgan fingerprint density at radius 1 is 1.73 bits per heavy atom. The predicted molar refractivity (Wildman–Crippen MR) is 57.6 cm³/mol. The first-order valence-electron chi connectivity index (χ1n) is 4.69. The summed E-state index contributed by atoms with van der Waals surface area (Å²) in [5.41, 5.74) is 5.60. The highest BCUT2D eigenvalue weighted by atomic mass is 16.6. The topological polar surface area (TPSA) is 94.1 Å². The molecule has 0 amide bonds. The van der Waals surface area contributed by atoms with Crippen molar-refractivity contribution in [2.24, 2.45) is 5.73 Å². The van der Waals surface area contributed by atoms with Crippen LogP contribution in [0.2, 0.25) is 0 Å². The van der Waals surface area contributed by atoms with Gasteiger partial charge in [0.05, 0.1) is 11.0 Å². The Bertz CT molecular complexity index is 341.